The molecule has 0 spiro atoms. The van der Waals surface area contributed by atoms with Crippen LogP contribution in [0.5, 0.6) is 0 Å². The van der Waals surface area contributed by atoms with Gasteiger partial charge in [0, 0.05) is 39.3 Å². The highest BCUT2D eigenvalue weighted by Gasteiger charge is 2.20. The van der Waals surface area contributed by atoms with Gasteiger partial charge in [-0.1, -0.05) is 0 Å². The molecule has 0 aromatic heterocycles. The van der Waals surface area contributed by atoms with E-state index in [9.17, 15) is 9.59 Å². The van der Waals surface area contributed by atoms with E-state index in [0.717, 1.165) is 26.2 Å². The molecule has 114 valence electrons. The maximum absolute atomic E-state index is 12.0. The zero-order valence-electron chi connectivity index (χ0n) is 12.0. The molecule has 0 aliphatic carbocycles. The number of ether oxygens (including phenoxy) is 1. The first-order valence-electron chi connectivity index (χ1n) is 7.06. The van der Waals surface area contributed by atoms with Crippen LogP contribution in [0.2, 0.25) is 0 Å². The van der Waals surface area contributed by atoms with Gasteiger partial charge in [0.1, 0.15) is 0 Å². The topological polar surface area (TPSA) is 53.1 Å². The molecule has 2 aliphatic heterocycles. The maximum atomic E-state index is 12.0. The van der Waals surface area contributed by atoms with E-state index in [1.54, 1.807) is 0 Å². The van der Waals surface area contributed by atoms with Crippen molar-refractivity contribution < 1.29 is 14.3 Å². The Morgan fingerprint density at radius 1 is 0.900 bits per heavy atom. The maximum Gasteiger partial charge on any atom is 0.232 e. The molecule has 2 aliphatic rings. The summed E-state index contributed by atoms with van der Waals surface area (Å²) in [5, 5.41) is 0. The summed E-state index contributed by atoms with van der Waals surface area (Å²) < 4.78 is 5.22. The molecule has 0 saturated carbocycles. The van der Waals surface area contributed by atoms with E-state index >= 15 is 0 Å². The molecule has 0 aromatic carbocycles. The van der Waals surface area contributed by atoms with Crippen LogP contribution < -0.4 is 0 Å². The SMILES string of the molecule is CN1CCN(C(=O)CSCC(=O)N2CCOCC2)CC1. The van der Waals surface area contributed by atoms with Crippen LogP contribution in [-0.2, 0) is 14.3 Å². The van der Waals surface area contributed by atoms with Gasteiger partial charge in [-0.2, -0.15) is 0 Å². The lowest BCUT2D eigenvalue weighted by molar-refractivity contribution is -0.132. The summed E-state index contributed by atoms with van der Waals surface area (Å²) in [6.45, 7) is 6.05. The molecule has 2 fully saturated rings. The quantitative estimate of drug-likeness (QED) is 0.691. The van der Waals surface area contributed by atoms with Crippen LogP contribution in [-0.4, -0.2) is 97.5 Å². The molecular formula is C13H23N3O3S. The summed E-state index contributed by atoms with van der Waals surface area (Å²) in [4.78, 5) is 29.9. The normalized spacial score (nSPS) is 21.1. The summed E-state index contributed by atoms with van der Waals surface area (Å²) in [6.07, 6.45) is 0. The first-order valence-corrected chi connectivity index (χ1v) is 8.22. The highest BCUT2D eigenvalue weighted by molar-refractivity contribution is 8.00. The van der Waals surface area contributed by atoms with Crippen molar-refractivity contribution in [1.82, 2.24) is 14.7 Å². The highest BCUT2D eigenvalue weighted by atomic mass is 32.2. The number of nitrogens with zero attached hydrogens (tertiary/aromatic N) is 3. The predicted octanol–water partition coefficient (Wildman–Crippen LogP) is -0.648. The number of hydrogen-bond donors (Lipinski definition) is 0. The molecule has 0 N–H and O–H groups in total. The summed E-state index contributed by atoms with van der Waals surface area (Å²) in [5.74, 6) is 1.06. The van der Waals surface area contributed by atoms with Crippen molar-refractivity contribution in [2.75, 3.05) is 71.0 Å². The van der Waals surface area contributed by atoms with E-state index in [-0.39, 0.29) is 11.8 Å². The molecule has 2 amide bonds. The van der Waals surface area contributed by atoms with E-state index in [1.807, 2.05) is 9.80 Å². The van der Waals surface area contributed by atoms with Crippen LogP contribution in [0, 0.1) is 0 Å². The Labute approximate surface area is 124 Å². The van der Waals surface area contributed by atoms with Crippen LogP contribution in [0.25, 0.3) is 0 Å². The van der Waals surface area contributed by atoms with Crippen molar-refractivity contribution in [3.63, 3.8) is 0 Å². The van der Waals surface area contributed by atoms with Gasteiger partial charge in [0.05, 0.1) is 24.7 Å². The van der Waals surface area contributed by atoms with Crippen LogP contribution in [0.1, 0.15) is 0 Å². The minimum atomic E-state index is 0.115. The van der Waals surface area contributed by atoms with Gasteiger partial charge in [-0.05, 0) is 7.05 Å². The monoisotopic (exact) mass is 301 g/mol. The summed E-state index contributed by atoms with van der Waals surface area (Å²) in [7, 11) is 2.07. The van der Waals surface area contributed by atoms with E-state index in [2.05, 4.69) is 11.9 Å². The van der Waals surface area contributed by atoms with Gasteiger partial charge in [0.25, 0.3) is 0 Å². The summed E-state index contributed by atoms with van der Waals surface area (Å²) in [5.41, 5.74) is 0. The molecule has 0 aromatic rings. The minimum absolute atomic E-state index is 0.115. The first-order chi connectivity index (χ1) is 9.66. The summed E-state index contributed by atoms with van der Waals surface area (Å²) in [6, 6.07) is 0. The lowest BCUT2D eigenvalue weighted by atomic mass is 10.3. The molecule has 7 heteroatoms. The third-order valence-electron chi connectivity index (χ3n) is 3.67. The Balaban J connectivity index is 1.62. The summed E-state index contributed by atoms with van der Waals surface area (Å²) >= 11 is 1.42. The molecule has 2 heterocycles. The number of piperazine rings is 1. The Morgan fingerprint density at radius 3 is 1.95 bits per heavy atom. The largest absolute Gasteiger partial charge is 0.378 e. The molecule has 0 atom stereocenters. The zero-order valence-corrected chi connectivity index (χ0v) is 12.9. The van der Waals surface area contributed by atoms with Crippen LogP contribution in [0.15, 0.2) is 0 Å². The Kier molecular flexibility index (Phi) is 6.12. The fraction of sp³-hybridized carbons (Fsp3) is 0.846. The van der Waals surface area contributed by atoms with E-state index in [4.69, 9.17) is 4.74 Å². The van der Waals surface area contributed by atoms with E-state index in [1.165, 1.54) is 11.8 Å². The fourth-order valence-corrected chi connectivity index (χ4v) is 3.09. The number of hydrogen-bond acceptors (Lipinski definition) is 5. The predicted molar refractivity (Wildman–Crippen MR) is 78.8 cm³/mol. The molecule has 0 unspecified atom stereocenters. The average Bonchev–Trinajstić information content (AvgIpc) is 2.48. The lowest BCUT2D eigenvalue weighted by Gasteiger charge is -2.32. The second-order valence-electron chi connectivity index (χ2n) is 5.17. The molecule has 0 bridgehead atoms. The molecule has 0 radical (unpaired) electrons. The molecular weight excluding hydrogens is 278 g/mol. The Morgan fingerprint density at radius 2 is 1.40 bits per heavy atom. The molecule has 20 heavy (non-hydrogen) atoms. The smallest absolute Gasteiger partial charge is 0.232 e. The number of amides is 2. The molecule has 2 rings (SSSR count). The van der Waals surface area contributed by atoms with Crippen LogP contribution in [0.3, 0.4) is 0 Å². The van der Waals surface area contributed by atoms with E-state index in [0.29, 0.717) is 37.8 Å². The van der Waals surface area contributed by atoms with Gasteiger partial charge in [0.15, 0.2) is 0 Å². The Hall–Kier alpha value is -0.790. The van der Waals surface area contributed by atoms with Gasteiger partial charge >= 0.3 is 0 Å². The van der Waals surface area contributed by atoms with E-state index < -0.39 is 0 Å². The zero-order chi connectivity index (χ0) is 14.4. The number of rotatable bonds is 4. The van der Waals surface area contributed by atoms with Crippen LogP contribution >= 0.6 is 11.8 Å². The highest BCUT2D eigenvalue weighted by Crippen LogP contribution is 2.08. The molecule has 2 saturated heterocycles. The molecule has 6 nitrogen and oxygen atoms in total. The van der Waals surface area contributed by atoms with Crippen molar-refractivity contribution in [2.45, 2.75) is 0 Å². The third kappa shape index (κ3) is 4.64. The van der Waals surface area contributed by atoms with Crippen molar-refractivity contribution in [3.8, 4) is 0 Å². The van der Waals surface area contributed by atoms with Crippen molar-refractivity contribution in [1.29, 1.82) is 0 Å². The van der Waals surface area contributed by atoms with Gasteiger partial charge in [-0.25, -0.2) is 0 Å². The third-order valence-corrected chi connectivity index (χ3v) is 4.57. The number of carbonyl (C=O) groups is 2. The van der Waals surface area contributed by atoms with Gasteiger partial charge in [-0.3, -0.25) is 9.59 Å². The Bertz CT molecular complexity index is 340. The van der Waals surface area contributed by atoms with Gasteiger partial charge in [0.2, 0.25) is 11.8 Å². The first kappa shape index (κ1) is 15.6. The number of carbonyl (C=O) groups excluding carboxylic acids is 2. The van der Waals surface area contributed by atoms with Crippen molar-refractivity contribution in [3.05, 3.63) is 0 Å². The number of thioether (sulfide) groups is 1. The second-order valence-corrected chi connectivity index (χ2v) is 6.16. The number of likely N-dealkylation sites (N-methyl/N-ethyl adjacent to an activating group) is 1. The fourth-order valence-electron chi connectivity index (χ4n) is 2.28. The van der Waals surface area contributed by atoms with Crippen molar-refractivity contribution >= 4 is 23.6 Å². The van der Waals surface area contributed by atoms with Crippen LogP contribution in [0.4, 0.5) is 0 Å². The second kappa shape index (κ2) is 7.85. The standard InChI is InChI=1S/C13H23N3O3S/c1-14-2-4-15(5-3-14)12(17)10-20-11-13(18)16-6-8-19-9-7-16/h2-11H2,1H3. The van der Waals surface area contributed by atoms with Gasteiger partial charge < -0.3 is 19.4 Å². The lowest BCUT2D eigenvalue weighted by Crippen LogP contribution is -2.47. The average molecular weight is 301 g/mol. The minimum Gasteiger partial charge on any atom is -0.378 e. The van der Waals surface area contributed by atoms with Gasteiger partial charge in [-0.15, -0.1) is 11.8 Å². The van der Waals surface area contributed by atoms with Crippen molar-refractivity contribution in [2.24, 2.45) is 0 Å². The number of morpholine rings is 1.